The molecule has 0 radical (unpaired) electrons. The highest BCUT2D eigenvalue weighted by Crippen LogP contribution is 2.28. The van der Waals surface area contributed by atoms with Gasteiger partial charge in [-0.05, 0) is 35.6 Å². The van der Waals surface area contributed by atoms with E-state index in [1.54, 1.807) is 31.2 Å². The molecule has 3 aromatic carbocycles. The van der Waals surface area contributed by atoms with Crippen molar-refractivity contribution in [3.05, 3.63) is 105 Å². The molecule has 0 bridgehead atoms. The Kier molecular flexibility index (Phi) is 11.1. The summed E-state index contributed by atoms with van der Waals surface area (Å²) in [5.74, 6) is -0.922. The van der Waals surface area contributed by atoms with E-state index >= 15 is 0 Å². The highest BCUT2D eigenvalue weighted by atomic mass is 35.5. The summed E-state index contributed by atoms with van der Waals surface area (Å²) < 4.78 is 26.8. The van der Waals surface area contributed by atoms with Crippen LogP contribution in [0.15, 0.2) is 72.8 Å². The van der Waals surface area contributed by atoms with Crippen LogP contribution in [0.1, 0.15) is 30.5 Å². The Labute approximate surface area is 251 Å². The van der Waals surface area contributed by atoms with Gasteiger partial charge in [0.1, 0.15) is 12.6 Å². The van der Waals surface area contributed by atoms with E-state index in [0.717, 1.165) is 22.2 Å². The number of nitrogens with zero attached hydrogens (tertiary/aromatic N) is 3. The quantitative estimate of drug-likeness (QED) is 0.219. The molecule has 3 aromatic rings. The molecular weight excluding hydrogens is 580 g/mol. The zero-order chi connectivity index (χ0) is 31.0. The summed E-state index contributed by atoms with van der Waals surface area (Å²) in [6.45, 7) is 5.11. The van der Waals surface area contributed by atoms with Crippen LogP contribution in [0, 0.1) is 23.0 Å². The summed E-state index contributed by atoms with van der Waals surface area (Å²) >= 11 is 6.45. The van der Waals surface area contributed by atoms with Gasteiger partial charge in [0.2, 0.25) is 21.8 Å². The van der Waals surface area contributed by atoms with E-state index in [0.29, 0.717) is 22.7 Å². The highest BCUT2D eigenvalue weighted by Gasteiger charge is 2.34. The third-order valence-electron chi connectivity index (χ3n) is 6.61. The number of nitro benzene ring substituents is 1. The number of nitro groups is 1. The second kappa shape index (κ2) is 14.3. The van der Waals surface area contributed by atoms with Crippen LogP contribution >= 0.6 is 11.6 Å². The van der Waals surface area contributed by atoms with Crippen molar-refractivity contribution in [2.45, 2.75) is 39.8 Å². The van der Waals surface area contributed by atoms with E-state index in [2.05, 4.69) is 5.32 Å². The Morgan fingerprint density at radius 1 is 1.02 bits per heavy atom. The van der Waals surface area contributed by atoms with Crippen LogP contribution in [0.3, 0.4) is 0 Å². The van der Waals surface area contributed by atoms with Gasteiger partial charge in [0.05, 0.1) is 16.9 Å². The highest BCUT2D eigenvalue weighted by molar-refractivity contribution is 7.92. The topological polar surface area (TPSA) is 130 Å². The number of sulfonamides is 1. The fourth-order valence-electron chi connectivity index (χ4n) is 4.36. The van der Waals surface area contributed by atoms with Crippen LogP contribution in [0.4, 0.5) is 11.4 Å². The van der Waals surface area contributed by atoms with Crippen molar-refractivity contribution >= 4 is 44.8 Å². The zero-order valence-corrected chi connectivity index (χ0v) is 25.6. The van der Waals surface area contributed by atoms with Gasteiger partial charge in [-0.1, -0.05) is 80.0 Å². The lowest BCUT2D eigenvalue weighted by Crippen LogP contribution is -2.53. The molecule has 1 atom stereocenters. The molecule has 1 unspecified atom stereocenters. The Balaban J connectivity index is 2.11. The van der Waals surface area contributed by atoms with E-state index in [4.69, 9.17) is 11.6 Å². The van der Waals surface area contributed by atoms with Crippen LogP contribution in [0.5, 0.6) is 0 Å². The first-order valence-electron chi connectivity index (χ1n) is 13.3. The largest absolute Gasteiger partial charge is 0.354 e. The van der Waals surface area contributed by atoms with Crippen LogP contribution in [0.25, 0.3) is 0 Å². The Morgan fingerprint density at radius 3 is 2.26 bits per heavy atom. The number of amides is 2. The molecule has 0 aliphatic heterocycles. The molecule has 0 aliphatic carbocycles. The number of carbonyl (C=O) groups is 2. The first kappa shape index (κ1) is 32.6. The zero-order valence-electron chi connectivity index (χ0n) is 24.0. The number of nitrogens with one attached hydrogen (secondary N) is 1. The van der Waals surface area contributed by atoms with Gasteiger partial charge in [-0.3, -0.25) is 24.0 Å². The number of non-ortho nitro benzene ring substituents is 1. The molecule has 10 nitrogen and oxygen atoms in total. The van der Waals surface area contributed by atoms with Crippen molar-refractivity contribution in [3.63, 3.8) is 0 Å². The average molecular weight is 615 g/mol. The SMILES string of the molecule is Cc1ccc([N+](=O)[O-])cc1N(CC(=O)N(Cc1ccccc1Cl)C(Cc1ccccc1)C(=O)NCC(C)C)S(C)(=O)=O. The monoisotopic (exact) mass is 614 g/mol. The minimum absolute atomic E-state index is 0.00149. The molecule has 1 N–H and O–H groups in total. The van der Waals surface area contributed by atoms with E-state index in [1.807, 2.05) is 44.2 Å². The lowest BCUT2D eigenvalue weighted by Gasteiger charge is -2.34. The fraction of sp³-hybridized carbons (Fsp3) is 0.333. The minimum Gasteiger partial charge on any atom is -0.354 e. The lowest BCUT2D eigenvalue weighted by atomic mass is 10.0. The summed E-state index contributed by atoms with van der Waals surface area (Å²) in [4.78, 5) is 40.0. The second-order valence-corrected chi connectivity index (χ2v) is 12.8. The van der Waals surface area contributed by atoms with Gasteiger partial charge in [0.25, 0.3) is 5.69 Å². The number of halogens is 1. The van der Waals surface area contributed by atoms with E-state index in [1.165, 1.54) is 17.0 Å². The van der Waals surface area contributed by atoms with Gasteiger partial charge in [-0.15, -0.1) is 0 Å². The fourth-order valence-corrected chi connectivity index (χ4v) is 5.46. The predicted molar refractivity (Wildman–Crippen MR) is 164 cm³/mol. The Morgan fingerprint density at radius 2 is 1.67 bits per heavy atom. The molecule has 3 rings (SSSR count). The maximum Gasteiger partial charge on any atom is 0.271 e. The van der Waals surface area contributed by atoms with Gasteiger partial charge in [0, 0.05) is 36.7 Å². The summed E-state index contributed by atoms with van der Waals surface area (Å²) in [6.07, 6.45) is 1.09. The van der Waals surface area contributed by atoms with E-state index < -0.39 is 39.3 Å². The first-order valence-corrected chi connectivity index (χ1v) is 15.6. The molecule has 12 heteroatoms. The molecule has 0 heterocycles. The van der Waals surface area contributed by atoms with Crippen LogP contribution in [-0.4, -0.2) is 55.4 Å². The smallest absolute Gasteiger partial charge is 0.271 e. The van der Waals surface area contributed by atoms with E-state index in [-0.39, 0.29) is 30.3 Å². The molecular formula is C30H35ClN4O6S. The van der Waals surface area contributed by atoms with Crippen LogP contribution < -0.4 is 9.62 Å². The maximum absolute atomic E-state index is 14.2. The van der Waals surface area contributed by atoms with Crippen LogP contribution in [0.2, 0.25) is 5.02 Å². The normalized spacial score (nSPS) is 12.0. The summed E-state index contributed by atoms with van der Waals surface area (Å²) in [7, 11) is -4.08. The third-order valence-corrected chi connectivity index (χ3v) is 8.10. The van der Waals surface area contributed by atoms with Crippen molar-refractivity contribution in [1.29, 1.82) is 0 Å². The molecule has 0 fully saturated rings. The molecule has 0 aliphatic rings. The number of carbonyl (C=O) groups excluding carboxylic acids is 2. The third kappa shape index (κ3) is 8.77. The maximum atomic E-state index is 14.2. The van der Waals surface area contributed by atoms with Crippen molar-refractivity contribution in [2.24, 2.45) is 5.92 Å². The van der Waals surface area contributed by atoms with Crippen molar-refractivity contribution in [3.8, 4) is 0 Å². The van der Waals surface area contributed by atoms with Crippen LogP contribution in [-0.2, 0) is 32.6 Å². The molecule has 2 amide bonds. The second-order valence-electron chi connectivity index (χ2n) is 10.5. The minimum atomic E-state index is -4.08. The standard InChI is InChI=1S/C30H35ClN4O6S/c1-21(2)18-32-30(37)28(16-23-10-6-5-7-11-23)33(19-24-12-8-9-13-26(24)31)29(36)20-34(42(4,40)41)27-17-25(35(38)39)15-14-22(27)3/h5-15,17,21,28H,16,18-20H2,1-4H3,(H,32,37). The first-order chi connectivity index (χ1) is 19.8. The summed E-state index contributed by atoms with van der Waals surface area (Å²) in [6, 6.07) is 18.9. The number of rotatable bonds is 13. The number of aryl methyl sites for hydroxylation is 1. The number of benzene rings is 3. The molecule has 0 aromatic heterocycles. The Hall–Kier alpha value is -3.96. The predicted octanol–water partition coefficient (Wildman–Crippen LogP) is 4.73. The average Bonchev–Trinajstić information content (AvgIpc) is 2.93. The number of hydrogen-bond acceptors (Lipinski definition) is 6. The van der Waals surface area contributed by atoms with Crippen molar-refractivity contribution in [2.75, 3.05) is 23.7 Å². The van der Waals surface area contributed by atoms with Gasteiger partial charge in [-0.2, -0.15) is 0 Å². The Bertz CT molecular complexity index is 1530. The van der Waals surface area contributed by atoms with Gasteiger partial charge in [-0.25, -0.2) is 8.42 Å². The molecule has 0 spiro atoms. The number of hydrogen-bond donors (Lipinski definition) is 1. The molecule has 224 valence electrons. The van der Waals surface area contributed by atoms with Gasteiger partial charge in [0.15, 0.2) is 0 Å². The summed E-state index contributed by atoms with van der Waals surface area (Å²) in [5, 5.41) is 14.7. The summed E-state index contributed by atoms with van der Waals surface area (Å²) in [5.41, 5.74) is 1.47. The van der Waals surface area contributed by atoms with E-state index in [9.17, 15) is 28.1 Å². The molecule has 0 saturated carbocycles. The lowest BCUT2D eigenvalue weighted by molar-refractivity contribution is -0.384. The van der Waals surface area contributed by atoms with Crippen molar-refractivity contribution in [1.82, 2.24) is 10.2 Å². The number of anilines is 1. The van der Waals surface area contributed by atoms with Gasteiger partial charge >= 0.3 is 0 Å². The van der Waals surface area contributed by atoms with Gasteiger partial charge < -0.3 is 10.2 Å². The molecule has 42 heavy (non-hydrogen) atoms. The molecule has 0 saturated heterocycles. The van der Waals surface area contributed by atoms with Crippen molar-refractivity contribution < 1.29 is 22.9 Å².